The third-order valence-electron chi connectivity index (χ3n) is 3.31. The molecule has 1 heterocycles. The van der Waals surface area contributed by atoms with Gasteiger partial charge in [0.1, 0.15) is 11.5 Å². The number of nitrogens with zero attached hydrogens (tertiary/aromatic N) is 3. The molecule has 0 saturated heterocycles. The van der Waals surface area contributed by atoms with Gasteiger partial charge in [-0.1, -0.05) is 46.4 Å². The van der Waals surface area contributed by atoms with Crippen LogP contribution in [0.3, 0.4) is 0 Å². The first-order chi connectivity index (χ1) is 14.3. The van der Waals surface area contributed by atoms with Crippen LogP contribution in [0.2, 0.25) is 20.1 Å². The number of benzene rings is 2. The Balaban J connectivity index is 0.000000735. The summed E-state index contributed by atoms with van der Waals surface area (Å²) in [6, 6.07) is 10.1. The highest BCUT2D eigenvalue weighted by molar-refractivity contribution is 6.36. The minimum atomic E-state index is -1.50. The molecule has 30 heavy (non-hydrogen) atoms. The Hall–Kier alpha value is -2.65. The lowest BCUT2D eigenvalue weighted by Crippen LogP contribution is -2.04. The summed E-state index contributed by atoms with van der Waals surface area (Å²) in [6.07, 6.45) is 6.78. The molecule has 2 aromatic carbocycles. The Bertz CT molecular complexity index is 1020. The van der Waals surface area contributed by atoms with Crippen LogP contribution < -0.4 is 4.74 Å². The predicted octanol–water partition coefficient (Wildman–Crippen LogP) is 6.16. The molecular formula is C18H13Cl4N3O5. The van der Waals surface area contributed by atoms with Crippen LogP contribution in [0.5, 0.6) is 5.75 Å². The van der Waals surface area contributed by atoms with Crippen LogP contribution >= 0.6 is 46.4 Å². The van der Waals surface area contributed by atoms with E-state index in [1.807, 2.05) is 0 Å². The molecule has 0 saturated carbocycles. The third-order valence-corrected chi connectivity index (χ3v) is 4.39. The fourth-order valence-electron chi connectivity index (χ4n) is 2.10. The van der Waals surface area contributed by atoms with Gasteiger partial charge in [0, 0.05) is 28.0 Å². The number of ether oxygens (including phenoxy) is 2. The molecule has 0 aliphatic carbocycles. The van der Waals surface area contributed by atoms with Crippen LogP contribution in [-0.4, -0.2) is 26.6 Å². The van der Waals surface area contributed by atoms with Crippen LogP contribution in [0.15, 0.2) is 55.1 Å². The molecule has 0 bridgehead atoms. The lowest BCUT2D eigenvalue weighted by molar-refractivity contribution is -0.742. The van der Waals surface area contributed by atoms with Gasteiger partial charge in [-0.25, -0.2) is 4.98 Å². The van der Waals surface area contributed by atoms with Gasteiger partial charge in [0.25, 0.3) is 5.09 Å². The van der Waals surface area contributed by atoms with Gasteiger partial charge in [-0.3, -0.25) is 0 Å². The molecule has 0 atom stereocenters. The minimum Gasteiger partial charge on any atom is -0.456 e. The van der Waals surface area contributed by atoms with E-state index in [9.17, 15) is 0 Å². The second-order valence-electron chi connectivity index (χ2n) is 5.35. The van der Waals surface area contributed by atoms with Crippen molar-refractivity contribution in [2.45, 2.75) is 0 Å². The van der Waals surface area contributed by atoms with Crippen molar-refractivity contribution in [1.82, 2.24) is 9.55 Å². The number of aromatic nitrogens is 2. The van der Waals surface area contributed by atoms with Crippen LogP contribution in [-0.2, 0) is 4.74 Å². The van der Waals surface area contributed by atoms with E-state index in [-0.39, 0.29) is 6.79 Å². The zero-order chi connectivity index (χ0) is 22.1. The lowest BCUT2D eigenvalue weighted by atomic mass is 10.2. The molecule has 0 radical (unpaired) electrons. The van der Waals surface area contributed by atoms with Gasteiger partial charge in [-0.15, -0.1) is 10.1 Å². The smallest absolute Gasteiger partial charge is 0.291 e. The quantitative estimate of drug-likeness (QED) is 0.191. The molecule has 0 spiro atoms. The van der Waals surface area contributed by atoms with Gasteiger partial charge in [-0.2, -0.15) is 0 Å². The number of rotatable bonds is 6. The molecule has 0 aliphatic rings. The fourth-order valence-corrected chi connectivity index (χ4v) is 3.07. The van der Waals surface area contributed by atoms with E-state index in [0.717, 1.165) is 0 Å². The summed E-state index contributed by atoms with van der Waals surface area (Å²) >= 11 is 24.2. The SMILES string of the molecule is Clc1ccc(OCO/C(=C/n2ccnc2)c2ccc(Cl)cc2Cl)c(Cl)c1.O=[N+]([O-])O. The van der Waals surface area contributed by atoms with Gasteiger partial charge >= 0.3 is 0 Å². The number of halogens is 4. The van der Waals surface area contributed by atoms with E-state index >= 15 is 0 Å². The zero-order valence-electron chi connectivity index (χ0n) is 14.9. The Morgan fingerprint density at radius 2 is 1.77 bits per heavy atom. The molecular weight excluding hydrogens is 480 g/mol. The van der Waals surface area contributed by atoms with Crippen LogP contribution in [0.4, 0.5) is 0 Å². The maximum Gasteiger partial charge on any atom is 0.291 e. The van der Waals surface area contributed by atoms with Gasteiger partial charge in [0.15, 0.2) is 0 Å². The molecule has 0 amide bonds. The van der Waals surface area contributed by atoms with Crippen LogP contribution in [0.1, 0.15) is 5.56 Å². The van der Waals surface area contributed by atoms with E-state index in [2.05, 4.69) is 4.98 Å². The Morgan fingerprint density at radius 3 is 2.33 bits per heavy atom. The Labute approximate surface area is 190 Å². The van der Waals surface area contributed by atoms with Gasteiger partial charge in [-0.05, 0) is 36.4 Å². The van der Waals surface area contributed by atoms with E-state index in [0.29, 0.717) is 37.2 Å². The molecule has 158 valence electrons. The van der Waals surface area contributed by atoms with Gasteiger partial charge in [0.2, 0.25) is 6.79 Å². The summed E-state index contributed by atoms with van der Waals surface area (Å²) in [4.78, 5) is 12.4. The number of hydrogen-bond acceptors (Lipinski definition) is 5. The van der Waals surface area contributed by atoms with E-state index < -0.39 is 5.09 Å². The van der Waals surface area contributed by atoms with Crippen molar-refractivity contribution in [1.29, 1.82) is 0 Å². The average molecular weight is 493 g/mol. The number of imidazole rings is 1. The summed E-state index contributed by atoms with van der Waals surface area (Å²) in [6.45, 7) is -0.0825. The lowest BCUT2D eigenvalue weighted by Gasteiger charge is -2.14. The summed E-state index contributed by atoms with van der Waals surface area (Å²) in [5.74, 6) is 0.940. The first kappa shape index (κ1) is 23.6. The van der Waals surface area contributed by atoms with Gasteiger partial charge in [0.05, 0.1) is 22.6 Å². The predicted molar refractivity (Wildman–Crippen MR) is 115 cm³/mol. The van der Waals surface area contributed by atoms with E-state index in [1.165, 1.54) is 0 Å². The van der Waals surface area contributed by atoms with Crippen LogP contribution in [0.25, 0.3) is 12.0 Å². The summed E-state index contributed by atoms with van der Waals surface area (Å²) in [5, 5.41) is 15.5. The maximum absolute atomic E-state index is 8.36. The monoisotopic (exact) mass is 491 g/mol. The molecule has 0 fully saturated rings. The fraction of sp³-hybridized carbons (Fsp3) is 0.0556. The zero-order valence-corrected chi connectivity index (χ0v) is 17.9. The van der Waals surface area contributed by atoms with Crippen molar-refractivity contribution < 1.29 is 19.8 Å². The number of hydrogen-bond donors (Lipinski definition) is 1. The molecule has 3 rings (SSSR count). The first-order valence-electron chi connectivity index (χ1n) is 7.95. The largest absolute Gasteiger partial charge is 0.456 e. The molecule has 1 N–H and O–H groups in total. The molecule has 12 heteroatoms. The highest BCUT2D eigenvalue weighted by Crippen LogP contribution is 2.30. The van der Waals surface area contributed by atoms with Crippen molar-refractivity contribution in [2.75, 3.05) is 6.79 Å². The molecule has 8 nitrogen and oxygen atoms in total. The first-order valence-corrected chi connectivity index (χ1v) is 9.46. The second kappa shape index (κ2) is 11.5. The molecule has 0 unspecified atom stereocenters. The Morgan fingerprint density at radius 1 is 1.13 bits per heavy atom. The van der Waals surface area contributed by atoms with Gasteiger partial charge < -0.3 is 19.2 Å². The molecule has 3 aromatic rings. The molecule has 1 aromatic heterocycles. The van der Waals surface area contributed by atoms with Crippen molar-refractivity contribution in [3.05, 3.63) is 90.9 Å². The Kier molecular flexibility index (Phi) is 9.07. The summed E-state index contributed by atoms with van der Waals surface area (Å²) in [5.41, 5.74) is 0.663. The highest BCUT2D eigenvalue weighted by atomic mass is 35.5. The standard InChI is InChI=1S/C18H12Cl4N2O2.HNO3/c19-12-1-3-14(15(21)7-12)18(9-24-6-5-23-10-24)26-11-25-17-4-2-13(20)8-16(17)22;2-1(3)4/h1-10H,11H2;(H,2,3,4)/b18-9+;. The van der Waals surface area contributed by atoms with Crippen molar-refractivity contribution >= 4 is 58.4 Å². The summed E-state index contributed by atoms with van der Waals surface area (Å²) < 4.78 is 13.1. The highest BCUT2D eigenvalue weighted by Gasteiger charge is 2.11. The van der Waals surface area contributed by atoms with Crippen molar-refractivity contribution in [3.63, 3.8) is 0 Å². The summed E-state index contributed by atoms with van der Waals surface area (Å²) in [7, 11) is 0. The third kappa shape index (κ3) is 7.64. The molecule has 0 aliphatic heterocycles. The average Bonchev–Trinajstić information content (AvgIpc) is 3.15. The second-order valence-corrected chi connectivity index (χ2v) is 7.03. The minimum absolute atomic E-state index is 0.0825. The van der Waals surface area contributed by atoms with E-state index in [1.54, 1.807) is 65.9 Å². The van der Waals surface area contributed by atoms with Crippen molar-refractivity contribution in [3.8, 4) is 5.75 Å². The topological polar surface area (TPSA) is 99.7 Å². The van der Waals surface area contributed by atoms with Crippen LogP contribution in [0, 0.1) is 10.1 Å². The maximum atomic E-state index is 8.36. The van der Waals surface area contributed by atoms with E-state index in [4.69, 9.17) is 71.2 Å². The normalized spacial score (nSPS) is 10.7. The van der Waals surface area contributed by atoms with Crippen molar-refractivity contribution in [2.24, 2.45) is 0 Å².